The molecule has 0 amide bonds. The first-order chi connectivity index (χ1) is 25.2. The number of rotatable bonds is 3. The Kier molecular flexibility index (Phi) is 5.97. The van der Waals surface area contributed by atoms with Gasteiger partial charge in [0.1, 0.15) is 0 Å². The minimum absolute atomic E-state index is 0.0859. The van der Waals surface area contributed by atoms with Gasteiger partial charge in [0.2, 0.25) is 0 Å². The van der Waals surface area contributed by atoms with Crippen LogP contribution < -0.4 is 25.4 Å². The molecule has 11 rings (SSSR count). The Morgan fingerprint density at radius 1 is 0.510 bits per heavy atom. The summed E-state index contributed by atoms with van der Waals surface area (Å²) >= 11 is 0. The normalized spacial score (nSPS) is 13.2. The van der Waals surface area contributed by atoms with E-state index < -0.39 is 0 Å². The molecule has 0 spiro atoms. The largest absolute Gasteiger partial charge is 0.453 e. The zero-order valence-corrected chi connectivity index (χ0v) is 28.0. The second-order valence-electron chi connectivity index (χ2n) is 13.7. The smallest absolute Gasteiger partial charge is 0.333 e. The topological polar surface area (TPSA) is 15.7 Å². The van der Waals surface area contributed by atoms with Crippen molar-refractivity contribution < 1.29 is 4.74 Å². The fourth-order valence-electron chi connectivity index (χ4n) is 8.71. The van der Waals surface area contributed by atoms with Gasteiger partial charge in [0.25, 0.3) is 0 Å². The molecule has 4 heteroatoms. The molecular formula is C47H31BN2O. The van der Waals surface area contributed by atoms with Crippen LogP contribution in [-0.4, -0.2) is 6.85 Å². The minimum Gasteiger partial charge on any atom is -0.453 e. The van der Waals surface area contributed by atoms with Crippen molar-refractivity contribution in [2.45, 2.75) is 6.92 Å². The predicted octanol–water partition coefficient (Wildman–Crippen LogP) is 11.3. The third kappa shape index (κ3) is 4.08. The lowest BCUT2D eigenvalue weighted by molar-refractivity contribution is 0.477. The average Bonchev–Trinajstić information content (AvgIpc) is 3.19. The van der Waals surface area contributed by atoms with E-state index in [-0.39, 0.29) is 6.85 Å². The van der Waals surface area contributed by atoms with E-state index in [1.807, 2.05) is 0 Å². The minimum atomic E-state index is -0.0859. The quantitative estimate of drug-likeness (QED) is 0.177. The molecule has 0 radical (unpaired) electrons. The van der Waals surface area contributed by atoms with Crippen LogP contribution in [0.3, 0.4) is 0 Å². The highest BCUT2D eigenvalue weighted by atomic mass is 16.5. The van der Waals surface area contributed by atoms with Crippen LogP contribution in [0.5, 0.6) is 11.5 Å². The Bertz CT molecular complexity index is 2700. The summed E-state index contributed by atoms with van der Waals surface area (Å²) in [5.74, 6) is 1.74. The summed E-state index contributed by atoms with van der Waals surface area (Å²) in [5, 5.41) is 2.49. The van der Waals surface area contributed by atoms with Crippen molar-refractivity contribution >= 4 is 57.0 Å². The fourth-order valence-corrected chi connectivity index (χ4v) is 8.71. The molecule has 3 aliphatic heterocycles. The van der Waals surface area contributed by atoms with Crippen molar-refractivity contribution in [3.8, 4) is 44.9 Å². The van der Waals surface area contributed by atoms with Gasteiger partial charge in [-0.1, -0.05) is 121 Å². The van der Waals surface area contributed by atoms with Crippen molar-refractivity contribution in [1.29, 1.82) is 0 Å². The molecule has 0 atom stereocenters. The second-order valence-corrected chi connectivity index (χ2v) is 13.7. The van der Waals surface area contributed by atoms with E-state index in [4.69, 9.17) is 4.74 Å². The van der Waals surface area contributed by atoms with Crippen LogP contribution in [-0.2, 0) is 0 Å². The van der Waals surface area contributed by atoms with Crippen molar-refractivity contribution in [2.75, 3.05) is 9.71 Å². The monoisotopic (exact) mass is 650 g/mol. The Hall–Kier alpha value is -6.52. The highest BCUT2D eigenvalue weighted by Gasteiger charge is 2.47. The highest BCUT2D eigenvalue weighted by Crippen LogP contribution is 2.55. The summed E-state index contributed by atoms with van der Waals surface area (Å²) in [4.78, 5) is 5.04. The molecular weight excluding hydrogens is 619 g/mol. The van der Waals surface area contributed by atoms with E-state index in [9.17, 15) is 0 Å². The van der Waals surface area contributed by atoms with Crippen LogP contribution in [0.4, 0.5) is 28.4 Å². The number of nitrogens with zero attached hydrogens (tertiary/aromatic N) is 2. The van der Waals surface area contributed by atoms with Crippen LogP contribution in [0.25, 0.3) is 44.2 Å². The number of fused-ring (bicyclic) bond motifs is 8. The lowest BCUT2D eigenvalue weighted by Crippen LogP contribution is -2.61. The third-order valence-corrected chi connectivity index (χ3v) is 10.9. The van der Waals surface area contributed by atoms with Gasteiger partial charge in [-0.2, -0.15) is 0 Å². The van der Waals surface area contributed by atoms with Gasteiger partial charge in [0, 0.05) is 22.6 Å². The first-order valence-electron chi connectivity index (χ1n) is 17.6. The lowest BCUT2D eigenvalue weighted by Gasteiger charge is -2.47. The van der Waals surface area contributed by atoms with E-state index in [0.29, 0.717) is 0 Å². The average molecular weight is 651 g/mol. The number of aryl methyl sites for hydroxylation is 1. The molecule has 0 fully saturated rings. The van der Waals surface area contributed by atoms with Gasteiger partial charge in [0.15, 0.2) is 11.5 Å². The standard InChI is InChI=1S/C47H31BN2O/c1-30-12-5-7-16-36(30)34-28-38-45-37-17-8-6-15-33(37)24-27-41(45)50(35-25-22-32(23-26-35)31-13-3-2-4-14-31)48-39-18-11-21-44-47(39)49(42(29-34)46(38)48)40-19-9-10-20-43(40)51-44/h2-29H,1H3. The first-order valence-corrected chi connectivity index (χ1v) is 17.6. The summed E-state index contributed by atoms with van der Waals surface area (Å²) in [5.41, 5.74) is 16.9. The molecule has 51 heavy (non-hydrogen) atoms. The van der Waals surface area contributed by atoms with Crippen LogP contribution in [0, 0.1) is 6.92 Å². The van der Waals surface area contributed by atoms with Crippen molar-refractivity contribution in [3.63, 3.8) is 0 Å². The Morgan fingerprint density at radius 3 is 2.14 bits per heavy atom. The van der Waals surface area contributed by atoms with Gasteiger partial charge in [-0.05, 0) is 111 Å². The van der Waals surface area contributed by atoms with Crippen LogP contribution in [0.15, 0.2) is 170 Å². The second kappa shape index (κ2) is 10.7. The fraction of sp³-hybridized carbons (Fsp3) is 0.0213. The number of hydrogen-bond donors (Lipinski definition) is 0. The summed E-state index contributed by atoms with van der Waals surface area (Å²) in [7, 11) is 0. The van der Waals surface area contributed by atoms with E-state index >= 15 is 0 Å². The van der Waals surface area contributed by atoms with Gasteiger partial charge in [-0.25, -0.2) is 0 Å². The first kappa shape index (κ1) is 28.3. The number of hydrogen-bond acceptors (Lipinski definition) is 3. The zero-order valence-electron chi connectivity index (χ0n) is 28.0. The van der Waals surface area contributed by atoms with Crippen LogP contribution in [0.2, 0.25) is 0 Å². The molecule has 0 aliphatic carbocycles. The SMILES string of the molecule is Cc1ccccc1-c1cc2c3c(c1)N1c4ccccc4Oc4cccc(c41)B3N(c1ccc(-c3ccccc3)cc1)c1ccc3ccccc3c1-2. The maximum Gasteiger partial charge on any atom is 0.333 e. The summed E-state index contributed by atoms with van der Waals surface area (Å²) in [6.45, 7) is 2.13. The predicted molar refractivity (Wildman–Crippen MR) is 213 cm³/mol. The summed E-state index contributed by atoms with van der Waals surface area (Å²) < 4.78 is 6.69. The van der Waals surface area contributed by atoms with Crippen molar-refractivity contribution in [1.82, 2.24) is 0 Å². The zero-order chi connectivity index (χ0) is 33.6. The number of para-hydroxylation sites is 3. The lowest BCUT2D eigenvalue weighted by atomic mass is 9.43. The van der Waals surface area contributed by atoms with Gasteiger partial charge in [-0.3, -0.25) is 0 Å². The number of ether oxygens (including phenoxy) is 1. The molecule has 3 heterocycles. The van der Waals surface area contributed by atoms with Crippen LogP contribution >= 0.6 is 0 Å². The van der Waals surface area contributed by atoms with E-state index in [1.165, 1.54) is 72.0 Å². The number of benzene rings is 8. The molecule has 8 aromatic carbocycles. The Morgan fingerprint density at radius 2 is 1.25 bits per heavy atom. The van der Waals surface area contributed by atoms with Gasteiger partial charge in [0.05, 0.1) is 11.4 Å². The maximum absolute atomic E-state index is 6.69. The van der Waals surface area contributed by atoms with Gasteiger partial charge in [-0.15, -0.1) is 0 Å². The molecule has 0 bridgehead atoms. The molecule has 238 valence electrons. The molecule has 8 aromatic rings. The summed E-state index contributed by atoms with van der Waals surface area (Å²) in [6, 6.07) is 61.8. The van der Waals surface area contributed by atoms with Gasteiger partial charge < -0.3 is 14.4 Å². The van der Waals surface area contributed by atoms with Gasteiger partial charge >= 0.3 is 6.85 Å². The molecule has 0 unspecified atom stereocenters. The van der Waals surface area contributed by atoms with Crippen molar-refractivity contribution in [3.05, 3.63) is 175 Å². The van der Waals surface area contributed by atoms with Crippen LogP contribution in [0.1, 0.15) is 5.56 Å². The molecule has 0 saturated heterocycles. The third-order valence-electron chi connectivity index (χ3n) is 10.9. The molecule has 3 nitrogen and oxygen atoms in total. The van der Waals surface area contributed by atoms with Crippen molar-refractivity contribution in [2.24, 2.45) is 0 Å². The highest BCUT2D eigenvalue weighted by molar-refractivity contribution is 6.93. The van der Waals surface area contributed by atoms with E-state index in [1.54, 1.807) is 0 Å². The molecule has 0 saturated carbocycles. The Labute approximate surface area is 297 Å². The Balaban J connectivity index is 1.26. The van der Waals surface area contributed by atoms with E-state index in [2.05, 4.69) is 186 Å². The molecule has 3 aliphatic rings. The number of anilines is 5. The maximum atomic E-state index is 6.69. The summed E-state index contributed by atoms with van der Waals surface area (Å²) in [6.07, 6.45) is 0. The molecule has 0 N–H and O–H groups in total. The van der Waals surface area contributed by atoms with E-state index in [0.717, 1.165) is 28.6 Å². The molecule has 0 aromatic heterocycles.